The molecule has 0 unspecified atom stereocenters. The zero-order chi connectivity index (χ0) is 15.7. The summed E-state index contributed by atoms with van der Waals surface area (Å²) in [5, 5.41) is 11.0. The van der Waals surface area contributed by atoms with E-state index in [1.165, 1.54) is 28.6 Å². The van der Waals surface area contributed by atoms with Gasteiger partial charge in [-0.2, -0.15) is 0 Å². The Kier molecular flexibility index (Phi) is 3.58. The quantitative estimate of drug-likeness (QED) is 0.643. The van der Waals surface area contributed by atoms with Crippen molar-refractivity contribution in [2.24, 2.45) is 0 Å². The number of fused-ring (bicyclic) bond motifs is 1. The van der Waals surface area contributed by atoms with Crippen LogP contribution in [0.1, 0.15) is 12.0 Å². The van der Waals surface area contributed by atoms with Gasteiger partial charge < -0.3 is 0 Å². The fourth-order valence-corrected chi connectivity index (χ4v) is 4.17. The molecule has 3 rings (SSSR count). The molecule has 0 radical (unpaired) electrons. The molecule has 0 fully saturated rings. The van der Waals surface area contributed by atoms with Crippen LogP contribution in [0.5, 0.6) is 0 Å². The number of non-ortho nitro benzene ring substituents is 1. The van der Waals surface area contributed by atoms with Crippen molar-refractivity contribution in [3.05, 3.63) is 64.2 Å². The Bertz CT molecular complexity index is 819. The van der Waals surface area contributed by atoms with Crippen molar-refractivity contribution < 1.29 is 13.3 Å². The zero-order valence-electron chi connectivity index (χ0n) is 11.7. The highest BCUT2D eigenvalue weighted by Crippen LogP contribution is 2.34. The molecule has 2 aromatic carbocycles. The molecule has 1 aliphatic rings. The predicted molar refractivity (Wildman–Crippen MR) is 82.4 cm³/mol. The van der Waals surface area contributed by atoms with Gasteiger partial charge in [-0.05, 0) is 30.5 Å². The lowest BCUT2D eigenvalue weighted by Crippen LogP contribution is -2.35. The lowest BCUT2D eigenvalue weighted by Gasteiger charge is -2.30. The Morgan fingerprint density at radius 3 is 2.50 bits per heavy atom. The van der Waals surface area contributed by atoms with Gasteiger partial charge in [0.05, 0.1) is 15.5 Å². The lowest BCUT2D eigenvalue weighted by atomic mass is 10.0. The van der Waals surface area contributed by atoms with E-state index >= 15 is 0 Å². The molecule has 0 atom stereocenters. The standard InChI is InChI=1S/C15H14N2O4S/c18-17(19)13-9-8-12-5-4-10-16(15(12)11-13)22(20,21)14-6-2-1-3-7-14/h1-3,6-9,11H,4-5,10H2. The highest BCUT2D eigenvalue weighted by molar-refractivity contribution is 7.92. The number of hydrogen-bond acceptors (Lipinski definition) is 4. The molecule has 0 saturated carbocycles. The van der Waals surface area contributed by atoms with E-state index in [4.69, 9.17) is 0 Å². The molecule has 1 heterocycles. The molecule has 2 aromatic rings. The second-order valence-electron chi connectivity index (χ2n) is 5.06. The molecule has 114 valence electrons. The predicted octanol–water partition coefficient (Wildman–Crippen LogP) is 2.74. The Morgan fingerprint density at radius 1 is 1.09 bits per heavy atom. The number of anilines is 1. The third kappa shape index (κ3) is 2.43. The van der Waals surface area contributed by atoms with E-state index < -0.39 is 14.9 Å². The third-order valence-corrected chi connectivity index (χ3v) is 5.51. The van der Waals surface area contributed by atoms with Crippen LogP contribution in [0.15, 0.2) is 53.4 Å². The molecular weight excluding hydrogens is 304 g/mol. The van der Waals surface area contributed by atoms with Crippen molar-refractivity contribution in [2.75, 3.05) is 10.8 Å². The topological polar surface area (TPSA) is 80.5 Å². The third-order valence-electron chi connectivity index (χ3n) is 3.69. The molecule has 0 amide bonds. The van der Waals surface area contributed by atoms with Crippen molar-refractivity contribution in [1.29, 1.82) is 0 Å². The van der Waals surface area contributed by atoms with E-state index in [2.05, 4.69) is 0 Å². The summed E-state index contributed by atoms with van der Waals surface area (Å²) in [5.41, 5.74) is 1.12. The second kappa shape index (κ2) is 5.42. The summed E-state index contributed by atoms with van der Waals surface area (Å²) in [4.78, 5) is 10.6. The van der Waals surface area contributed by atoms with Gasteiger partial charge >= 0.3 is 0 Å². The maximum Gasteiger partial charge on any atom is 0.271 e. The van der Waals surface area contributed by atoms with Crippen LogP contribution in [0.25, 0.3) is 0 Å². The minimum absolute atomic E-state index is 0.103. The van der Waals surface area contributed by atoms with Gasteiger partial charge in [-0.1, -0.05) is 24.3 Å². The fraction of sp³-hybridized carbons (Fsp3) is 0.200. The largest absolute Gasteiger partial charge is 0.271 e. The fourth-order valence-electron chi connectivity index (χ4n) is 2.61. The summed E-state index contributed by atoms with van der Waals surface area (Å²) in [7, 11) is -3.71. The molecule has 0 saturated heterocycles. The van der Waals surface area contributed by atoms with Crippen LogP contribution >= 0.6 is 0 Å². The molecule has 0 bridgehead atoms. The van der Waals surface area contributed by atoms with Gasteiger partial charge in [0.15, 0.2) is 0 Å². The van der Waals surface area contributed by atoms with E-state index in [1.54, 1.807) is 24.3 Å². The van der Waals surface area contributed by atoms with E-state index in [9.17, 15) is 18.5 Å². The van der Waals surface area contributed by atoms with Crippen LogP contribution in [-0.4, -0.2) is 19.9 Å². The van der Waals surface area contributed by atoms with Crippen molar-refractivity contribution in [1.82, 2.24) is 0 Å². The normalized spacial score (nSPS) is 14.5. The number of nitrogens with zero attached hydrogens (tertiary/aromatic N) is 2. The first kappa shape index (κ1) is 14.5. The monoisotopic (exact) mass is 318 g/mol. The van der Waals surface area contributed by atoms with E-state index in [-0.39, 0.29) is 10.6 Å². The number of hydrogen-bond donors (Lipinski definition) is 0. The van der Waals surface area contributed by atoms with Gasteiger partial charge in [0.2, 0.25) is 0 Å². The van der Waals surface area contributed by atoms with E-state index in [0.29, 0.717) is 25.1 Å². The van der Waals surface area contributed by atoms with Gasteiger partial charge in [-0.25, -0.2) is 8.42 Å². The molecule has 1 aliphatic heterocycles. The number of nitro groups is 1. The number of rotatable bonds is 3. The average molecular weight is 318 g/mol. The molecule has 0 N–H and O–H groups in total. The van der Waals surface area contributed by atoms with Gasteiger partial charge in [0.1, 0.15) is 0 Å². The smallest absolute Gasteiger partial charge is 0.266 e. The van der Waals surface area contributed by atoms with Gasteiger partial charge in [-0.15, -0.1) is 0 Å². The van der Waals surface area contributed by atoms with Crippen LogP contribution in [0.3, 0.4) is 0 Å². The number of nitro benzene ring substituents is 1. The molecule has 0 aliphatic carbocycles. The summed E-state index contributed by atoms with van der Waals surface area (Å²) in [5.74, 6) is 0. The first-order valence-corrected chi connectivity index (χ1v) is 8.29. The van der Waals surface area contributed by atoms with Crippen LogP contribution < -0.4 is 4.31 Å². The molecule has 6 nitrogen and oxygen atoms in total. The number of aryl methyl sites for hydroxylation is 1. The maximum atomic E-state index is 12.8. The molecule has 22 heavy (non-hydrogen) atoms. The van der Waals surface area contributed by atoms with Crippen LogP contribution in [0.2, 0.25) is 0 Å². The van der Waals surface area contributed by atoms with Gasteiger partial charge in [0, 0.05) is 18.7 Å². The van der Waals surface area contributed by atoms with Crippen LogP contribution in [0, 0.1) is 10.1 Å². The lowest BCUT2D eigenvalue weighted by molar-refractivity contribution is -0.384. The van der Waals surface area contributed by atoms with E-state index in [1.807, 2.05) is 0 Å². The summed E-state index contributed by atoms with van der Waals surface area (Å²) in [6, 6.07) is 12.5. The molecular formula is C15H14N2O4S. The zero-order valence-corrected chi connectivity index (χ0v) is 12.5. The Balaban J connectivity index is 2.12. The minimum atomic E-state index is -3.71. The first-order chi connectivity index (χ1) is 10.5. The van der Waals surface area contributed by atoms with Crippen molar-refractivity contribution in [3.8, 4) is 0 Å². The van der Waals surface area contributed by atoms with Crippen molar-refractivity contribution in [3.63, 3.8) is 0 Å². The van der Waals surface area contributed by atoms with Crippen molar-refractivity contribution in [2.45, 2.75) is 17.7 Å². The van der Waals surface area contributed by atoms with Gasteiger partial charge in [-0.3, -0.25) is 14.4 Å². The maximum absolute atomic E-state index is 12.8. The van der Waals surface area contributed by atoms with Crippen LogP contribution in [0.4, 0.5) is 11.4 Å². The minimum Gasteiger partial charge on any atom is -0.266 e. The second-order valence-corrected chi connectivity index (χ2v) is 6.93. The Morgan fingerprint density at radius 2 is 1.82 bits per heavy atom. The summed E-state index contributed by atoms with van der Waals surface area (Å²) < 4.78 is 26.8. The summed E-state index contributed by atoms with van der Waals surface area (Å²) in [6.07, 6.45) is 1.41. The summed E-state index contributed by atoms with van der Waals surface area (Å²) >= 11 is 0. The summed E-state index contributed by atoms with van der Waals surface area (Å²) in [6.45, 7) is 0.325. The highest BCUT2D eigenvalue weighted by atomic mass is 32.2. The average Bonchev–Trinajstić information content (AvgIpc) is 2.54. The molecule has 0 spiro atoms. The Hall–Kier alpha value is -2.41. The van der Waals surface area contributed by atoms with Crippen molar-refractivity contribution >= 4 is 21.4 Å². The van der Waals surface area contributed by atoms with Gasteiger partial charge in [0.25, 0.3) is 15.7 Å². The highest BCUT2D eigenvalue weighted by Gasteiger charge is 2.30. The van der Waals surface area contributed by atoms with Crippen LogP contribution in [-0.2, 0) is 16.4 Å². The first-order valence-electron chi connectivity index (χ1n) is 6.85. The SMILES string of the molecule is O=[N+]([O-])c1ccc2c(c1)N(S(=O)(=O)c1ccccc1)CCC2. The van der Waals surface area contributed by atoms with E-state index in [0.717, 1.165) is 5.56 Å². The molecule has 0 aromatic heterocycles. The molecule has 7 heteroatoms. The number of sulfonamides is 1. The number of benzene rings is 2. The Labute approximate surface area is 128 Å².